The van der Waals surface area contributed by atoms with Crippen LogP contribution in [0.3, 0.4) is 0 Å². The van der Waals surface area contributed by atoms with Crippen molar-refractivity contribution in [2.45, 2.75) is 6.92 Å². The fourth-order valence-corrected chi connectivity index (χ4v) is 1.68. The van der Waals surface area contributed by atoms with Crippen LogP contribution < -0.4 is 10.2 Å². The molecule has 118 valence electrons. The van der Waals surface area contributed by atoms with Crippen LogP contribution in [-0.2, 0) is 4.79 Å². The summed E-state index contributed by atoms with van der Waals surface area (Å²) in [6, 6.07) is 13.1. The Kier molecular flexibility index (Phi) is 5.40. The molecule has 23 heavy (non-hydrogen) atoms. The molecule has 0 heterocycles. The lowest BCUT2D eigenvalue weighted by atomic mass is 10.2. The van der Waals surface area contributed by atoms with Crippen molar-refractivity contribution in [1.29, 1.82) is 0 Å². The number of hydrogen-bond acceptors (Lipinski definition) is 5. The third-order valence-electron chi connectivity index (χ3n) is 2.90. The number of amides is 1. The van der Waals surface area contributed by atoms with Crippen molar-refractivity contribution < 1.29 is 14.5 Å². The van der Waals surface area contributed by atoms with Gasteiger partial charge in [0.2, 0.25) is 0 Å². The molecule has 2 aromatic carbocycles. The van der Waals surface area contributed by atoms with E-state index in [4.69, 9.17) is 4.74 Å². The number of hydrazone groups is 1. The molecule has 7 nitrogen and oxygen atoms in total. The van der Waals surface area contributed by atoms with E-state index >= 15 is 0 Å². The number of nitrogens with one attached hydrogen (secondary N) is 1. The van der Waals surface area contributed by atoms with Gasteiger partial charge in [0.1, 0.15) is 5.75 Å². The van der Waals surface area contributed by atoms with Gasteiger partial charge in [-0.25, -0.2) is 5.43 Å². The summed E-state index contributed by atoms with van der Waals surface area (Å²) in [5, 5.41) is 14.3. The number of rotatable bonds is 6. The molecular formula is C16H15N3O4. The maximum atomic E-state index is 11.6. The summed E-state index contributed by atoms with van der Waals surface area (Å²) in [5.41, 5.74) is 4.31. The molecule has 2 rings (SSSR count). The fraction of sp³-hybridized carbons (Fsp3) is 0.125. The molecule has 0 unspecified atom stereocenters. The molecule has 0 spiro atoms. The van der Waals surface area contributed by atoms with Crippen LogP contribution >= 0.6 is 0 Å². The van der Waals surface area contributed by atoms with E-state index in [-0.39, 0.29) is 12.3 Å². The summed E-state index contributed by atoms with van der Waals surface area (Å²) in [7, 11) is 0. The number of carbonyl (C=O) groups is 1. The second kappa shape index (κ2) is 7.69. The van der Waals surface area contributed by atoms with Gasteiger partial charge >= 0.3 is 0 Å². The number of nitro benzene ring substituents is 1. The van der Waals surface area contributed by atoms with Gasteiger partial charge in [0.25, 0.3) is 11.6 Å². The molecule has 0 aliphatic carbocycles. The van der Waals surface area contributed by atoms with Crippen molar-refractivity contribution in [1.82, 2.24) is 5.43 Å². The molecule has 0 bridgehead atoms. The summed E-state index contributed by atoms with van der Waals surface area (Å²) in [5.74, 6) is -0.0556. The zero-order valence-electron chi connectivity index (χ0n) is 12.4. The Balaban J connectivity index is 1.78. The fourth-order valence-electron chi connectivity index (χ4n) is 1.68. The molecule has 0 aliphatic heterocycles. The largest absolute Gasteiger partial charge is 0.484 e. The van der Waals surface area contributed by atoms with Crippen LogP contribution in [0.5, 0.6) is 5.75 Å². The Hall–Kier alpha value is -3.22. The van der Waals surface area contributed by atoms with Gasteiger partial charge in [-0.1, -0.05) is 29.8 Å². The van der Waals surface area contributed by atoms with E-state index in [0.29, 0.717) is 5.75 Å². The predicted molar refractivity (Wildman–Crippen MR) is 85.5 cm³/mol. The zero-order chi connectivity index (χ0) is 16.7. The topological polar surface area (TPSA) is 93.8 Å². The van der Waals surface area contributed by atoms with Gasteiger partial charge in [0, 0.05) is 12.1 Å². The number of ether oxygens (including phenoxy) is 1. The standard InChI is InChI=1S/C16H15N3O4/c1-12-2-4-13(5-3-12)10-17-18-16(20)11-23-15-8-6-14(7-9-15)19(21)22/h2-10H,11H2,1H3,(H,18,20)/b17-10-. The molecule has 1 N–H and O–H groups in total. The van der Waals surface area contributed by atoms with Crippen LogP contribution in [0, 0.1) is 17.0 Å². The SMILES string of the molecule is Cc1ccc(/C=N\NC(=O)COc2ccc([N+](=O)[O-])cc2)cc1. The lowest BCUT2D eigenvalue weighted by Crippen LogP contribution is -2.24. The van der Waals surface area contributed by atoms with Gasteiger partial charge in [-0.05, 0) is 24.6 Å². The third kappa shape index (κ3) is 5.24. The van der Waals surface area contributed by atoms with Gasteiger partial charge in [-0.3, -0.25) is 14.9 Å². The van der Waals surface area contributed by atoms with Gasteiger partial charge < -0.3 is 4.74 Å². The van der Waals surface area contributed by atoms with Gasteiger partial charge in [0.15, 0.2) is 6.61 Å². The second-order valence-electron chi connectivity index (χ2n) is 4.74. The molecule has 0 aromatic heterocycles. The number of nitrogens with zero attached hydrogens (tertiary/aromatic N) is 2. The van der Waals surface area contributed by atoms with Crippen LogP contribution in [0.1, 0.15) is 11.1 Å². The van der Waals surface area contributed by atoms with Gasteiger partial charge in [0.05, 0.1) is 11.1 Å². The first-order chi connectivity index (χ1) is 11.0. The molecule has 2 aromatic rings. The molecule has 0 saturated carbocycles. The number of nitro groups is 1. The third-order valence-corrected chi connectivity index (χ3v) is 2.90. The van der Waals surface area contributed by atoms with Crippen molar-refractivity contribution in [2.75, 3.05) is 6.61 Å². The Morgan fingerprint density at radius 3 is 2.48 bits per heavy atom. The van der Waals surface area contributed by atoms with E-state index in [1.807, 2.05) is 31.2 Å². The van der Waals surface area contributed by atoms with Crippen molar-refractivity contribution in [3.63, 3.8) is 0 Å². The number of hydrogen-bond donors (Lipinski definition) is 1. The first kappa shape index (κ1) is 16.2. The summed E-state index contributed by atoms with van der Waals surface area (Å²) in [6.45, 7) is 1.75. The Morgan fingerprint density at radius 1 is 1.22 bits per heavy atom. The van der Waals surface area contributed by atoms with Crippen molar-refractivity contribution in [3.8, 4) is 5.75 Å². The van der Waals surface area contributed by atoms with Gasteiger partial charge in [-0.2, -0.15) is 5.10 Å². The minimum atomic E-state index is -0.504. The Bertz CT molecular complexity index is 709. The molecular weight excluding hydrogens is 298 g/mol. The minimum absolute atomic E-state index is 0.0375. The number of benzene rings is 2. The molecule has 0 saturated heterocycles. The zero-order valence-corrected chi connectivity index (χ0v) is 12.4. The lowest BCUT2D eigenvalue weighted by molar-refractivity contribution is -0.384. The van der Waals surface area contributed by atoms with Crippen LogP contribution in [0.4, 0.5) is 5.69 Å². The molecule has 1 amide bonds. The van der Waals surface area contributed by atoms with Gasteiger partial charge in [-0.15, -0.1) is 0 Å². The van der Waals surface area contributed by atoms with Crippen LogP contribution in [0.15, 0.2) is 53.6 Å². The highest BCUT2D eigenvalue weighted by atomic mass is 16.6. The van der Waals surface area contributed by atoms with E-state index < -0.39 is 10.8 Å². The predicted octanol–water partition coefficient (Wildman–Crippen LogP) is 2.43. The minimum Gasteiger partial charge on any atom is -0.484 e. The first-order valence-electron chi connectivity index (χ1n) is 6.80. The second-order valence-corrected chi connectivity index (χ2v) is 4.74. The highest BCUT2D eigenvalue weighted by Crippen LogP contribution is 2.16. The van der Waals surface area contributed by atoms with E-state index in [2.05, 4.69) is 10.5 Å². The number of carbonyl (C=O) groups excluding carboxylic acids is 1. The summed E-state index contributed by atoms with van der Waals surface area (Å²) < 4.78 is 5.21. The average Bonchev–Trinajstić information content (AvgIpc) is 2.55. The monoisotopic (exact) mass is 313 g/mol. The molecule has 0 atom stereocenters. The quantitative estimate of drug-likeness (QED) is 0.503. The molecule has 0 aliphatic rings. The Morgan fingerprint density at radius 2 is 1.87 bits per heavy atom. The number of non-ortho nitro benzene ring substituents is 1. The van der Waals surface area contributed by atoms with E-state index in [1.165, 1.54) is 30.5 Å². The lowest BCUT2D eigenvalue weighted by Gasteiger charge is -2.04. The van der Waals surface area contributed by atoms with E-state index in [0.717, 1.165) is 11.1 Å². The smallest absolute Gasteiger partial charge is 0.277 e. The first-order valence-corrected chi connectivity index (χ1v) is 6.80. The molecule has 7 heteroatoms. The molecule has 0 fully saturated rings. The highest BCUT2D eigenvalue weighted by molar-refractivity contribution is 5.82. The average molecular weight is 313 g/mol. The molecule has 0 radical (unpaired) electrons. The number of aryl methyl sites for hydroxylation is 1. The summed E-state index contributed by atoms with van der Waals surface area (Å²) in [4.78, 5) is 21.6. The maximum Gasteiger partial charge on any atom is 0.277 e. The van der Waals surface area contributed by atoms with Crippen LogP contribution in [-0.4, -0.2) is 23.7 Å². The van der Waals surface area contributed by atoms with Crippen molar-refractivity contribution >= 4 is 17.8 Å². The van der Waals surface area contributed by atoms with Crippen molar-refractivity contribution in [2.24, 2.45) is 5.10 Å². The summed E-state index contributed by atoms with van der Waals surface area (Å²) >= 11 is 0. The van der Waals surface area contributed by atoms with E-state index in [1.54, 1.807) is 0 Å². The van der Waals surface area contributed by atoms with E-state index in [9.17, 15) is 14.9 Å². The Labute approximate surface area is 132 Å². The van der Waals surface area contributed by atoms with Crippen LogP contribution in [0.25, 0.3) is 0 Å². The van der Waals surface area contributed by atoms with Crippen molar-refractivity contribution in [3.05, 3.63) is 69.8 Å². The highest BCUT2D eigenvalue weighted by Gasteiger charge is 2.06. The normalized spacial score (nSPS) is 10.5. The summed E-state index contributed by atoms with van der Waals surface area (Å²) in [6.07, 6.45) is 1.53. The maximum absolute atomic E-state index is 11.6. The van der Waals surface area contributed by atoms with Crippen LogP contribution in [0.2, 0.25) is 0 Å².